The number of nitrogens with one attached hydrogen (secondary N) is 1. The lowest BCUT2D eigenvalue weighted by atomic mass is 10.2. The van der Waals surface area contributed by atoms with Gasteiger partial charge in [-0.3, -0.25) is 19.1 Å². The van der Waals surface area contributed by atoms with Crippen molar-refractivity contribution in [3.8, 4) is 0 Å². The molecule has 2 aromatic heterocycles. The van der Waals surface area contributed by atoms with Gasteiger partial charge in [-0.1, -0.05) is 6.07 Å². The van der Waals surface area contributed by atoms with Gasteiger partial charge in [0, 0.05) is 36.1 Å². The lowest BCUT2D eigenvalue weighted by Gasteiger charge is -2.07. The molecule has 0 unspecified atom stereocenters. The van der Waals surface area contributed by atoms with E-state index < -0.39 is 0 Å². The number of aryl methyl sites for hydroxylation is 1. The number of amides is 1. The quantitative estimate of drug-likeness (QED) is 0.898. The van der Waals surface area contributed by atoms with Crippen LogP contribution < -0.4 is 10.9 Å². The molecular formula is C16H18N4O2. The molecule has 1 aliphatic rings. The fourth-order valence-corrected chi connectivity index (χ4v) is 2.21. The predicted molar refractivity (Wildman–Crippen MR) is 81.3 cm³/mol. The summed E-state index contributed by atoms with van der Waals surface area (Å²) in [6.45, 7) is 2.12. The molecule has 6 nitrogen and oxygen atoms in total. The molecule has 0 saturated heterocycles. The minimum absolute atomic E-state index is 0.0281. The number of hydrogen-bond acceptors (Lipinski definition) is 4. The van der Waals surface area contributed by atoms with Crippen LogP contribution in [0.3, 0.4) is 0 Å². The molecule has 1 aliphatic carbocycles. The Balaban J connectivity index is 1.54. The van der Waals surface area contributed by atoms with Crippen LogP contribution in [0.4, 0.5) is 0 Å². The molecule has 0 bridgehead atoms. The van der Waals surface area contributed by atoms with Gasteiger partial charge in [0.25, 0.3) is 5.56 Å². The molecule has 0 radical (unpaired) electrons. The standard InChI is InChI=1S/C16H18N4O2/c1-11-6-16(22)20(10-19-11)9-15(21)18-8-12-2-5-14(17-7-12)13-3-4-13/h2,5-7,10,13H,3-4,8-9H2,1H3,(H,18,21). The molecule has 3 rings (SSSR count). The first-order valence-corrected chi connectivity index (χ1v) is 7.36. The number of hydrogen-bond donors (Lipinski definition) is 1. The fourth-order valence-electron chi connectivity index (χ4n) is 2.21. The van der Waals surface area contributed by atoms with E-state index in [4.69, 9.17) is 0 Å². The molecule has 1 fully saturated rings. The van der Waals surface area contributed by atoms with Gasteiger partial charge in [0.2, 0.25) is 5.91 Å². The van der Waals surface area contributed by atoms with E-state index >= 15 is 0 Å². The van der Waals surface area contributed by atoms with Crippen molar-refractivity contribution in [2.45, 2.75) is 38.8 Å². The maximum absolute atomic E-state index is 11.9. The highest BCUT2D eigenvalue weighted by Gasteiger charge is 2.24. The minimum atomic E-state index is -0.224. The fraction of sp³-hybridized carbons (Fsp3) is 0.375. The Bertz CT molecular complexity index is 733. The zero-order valence-electron chi connectivity index (χ0n) is 12.5. The second kappa shape index (κ2) is 6.09. The third kappa shape index (κ3) is 3.58. The van der Waals surface area contributed by atoms with Gasteiger partial charge >= 0.3 is 0 Å². The van der Waals surface area contributed by atoms with E-state index in [1.807, 2.05) is 12.1 Å². The van der Waals surface area contributed by atoms with Gasteiger partial charge in [0.15, 0.2) is 0 Å². The SMILES string of the molecule is Cc1cc(=O)n(CC(=O)NCc2ccc(C3CC3)nc2)cn1. The topological polar surface area (TPSA) is 76.9 Å². The highest BCUT2D eigenvalue weighted by molar-refractivity contribution is 5.75. The first-order valence-electron chi connectivity index (χ1n) is 7.36. The minimum Gasteiger partial charge on any atom is -0.350 e. The summed E-state index contributed by atoms with van der Waals surface area (Å²) in [7, 11) is 0. The zero-order valence-corrected chi connectivity index (χ0v) is 12.5. The van der Waals surface area contributed by atoms with E-state index in [1.165, 1.54) is 29.8 Å². The summed E-state index contributed by atoms with van der Waals surface area (Å²) < 4.78 is 1.29. The van der Waals surface area contributed by atoms with Crippen LogP contribution in [-0.2, 0) is 17.9 Å². The van der Waals surface area contributed by atoms with Crippen molar-refractivity contribution >= 4 is 5.91 Å². The summed E-state index contributed by atoms with van der Waals surface area (Å²) in [6.07, 6.45) is 5.64. The van der Waals surface area contributed by atoms with Gasteiger partial charge in [-0.05, 0) is 31.4 Å². The Kier molecular flexibility index (Phi) is 4.00. The summed E-state index contributed by atoms with van der Waals surface area (Å²) in [5.41, 5.74) is 2.50. The van der Waals surface area contributed by atoms with Crippen LogP contribution in [-0.4, -0.2) is 20.4 Å². The van der Waals surface area contributed by atoms with Crippen molar-refractivity contribution in [3.63, 3.8) is 0 Å². The second-order valence-corrected chi connectivity index (χ2v) is 5.64. The van der Waals surface area contributed by atoms with Crippen molar-refractivity contribution in [2.24, 2.45) is 0 Å². The van der Waals surface area contributed by atoms with Crippen molar-refractivity contribution in [2.75, 3.05) is 0 Å². The zero-order chi connectivity index (χ0) is 15.5. The van der Waals surface area contributed by atoms with Crippen molar-refractivity contribution in [3.05, 3.63) is 58.0 Å². The van der Waals surface area contributed by atoms with Crippen molar-refractivity contribution < 1.29 is 4.79 Å². The maximum atomic E-state index is 11.9. The van der Waals surface area contributed by atoms with Gasteiger partial charge in [0.05, 0.1) is 6.33 Å². The third-order valence-electron chi connectivity index (χ3n) is 3.66. The Hall–Kier alpha value is -2.50. The van der Waals surface area contributed by atoms with Crippen molar-refractivity contribution in [1.82, 2.24) is 19.9 Å². The molecular weight excluding hydrogens is 280 g/mol. The van der Waals surface area contributed by atoms with Gasteiger partial charge < -0.3 is 5.32 Å². The van der Waals surface area contributed by atoms with Crippen LogP contribution in [0.15, 0.2) is 35.5 Å². The number of nitrogens with zero attached hydrogens (tertiary/aromatic N) is 3. The molecule has 6 heteroatoms. The first kappa shape index (κ1) is 14.4. The van der Waals surface area contributed by atoms with Crippen molar-refractivity contribution in [1.29, 1.82) is 0 Å². The Morgan fingerprint density at radius 2 is 2.18 bits per heavy atom. The molecule has 1 amide bonds. The first-order chi connectivity index (χ1) is 10.6. The molecule has 0 spiro atoms. The molecule has 0 atom stereocenters. The summed E-state index contributed by atoms with van der Waals surface area (Å²) in [4.78, 5) is 32.0. The van der Waals surface area contributed by atoms with Crippen LogP contribution in [0.2, 0.25) is 0 Å². The Morgan fingerprint density at radius 1 is 1.36 bits per heavy atom. The predicted octanol–water partition coefficient (Wildman–Crippen LogP) is 1.14. The molecule has 114 valence electrons. The molecule has 22 heavy (non-hydrogen) atoms. The second-order valence-electron chi connectivity index (χ2n) is 5.64. The van der Waals surface area contributed by atoms with Crippen LogP contribution in [0.1, 0.15) is 35.7 Å². The molecule has 0 aliphatic heterocycles. The van der Waals surface area contributed by atoms with Crippen LogP contribution in [0.5, 0.6) is 0 Å². The molecule has 2 heterocycles. The largest absolute Gasteiger partial charge is 0.350 e. The smallest absolute Gasteiger partial charge is 0.253 e. The molecule has 1 N–H and O–H groups in total. The normalized spacial score (nSPS) is 13.9. The van der Waals surface area contributed by atoms with E-state index in [0.717, 1.165) is 11.3 Å². The average Bonchev–Trinajstić information content (AvgIpc) is 3.33. The van der Waals surface area contributed by atoms with Gasteiger partial charge in [-0.2, -0.15) is 0 Å². The van der Waals surface area contributed by atoms with Gasteiger partial charge in [-0.15, -0.1) is 0 Å². The maximum Gasteiger partial charge on any atom is 0.253 e. The highest BCUT2D eigenvalue weighted by Crippen LogP contribution is 2.38. The number of carbonyl (C=O) groups excluding carboxylic acids is 1. The monoisotopic (exact) mass is 298 g/mol. The van der Waals surface area contributed by atoms with E-state index in [9.17, 15) is 9.59 Å². The molecule has 0 aromatic carbocycles. The molecule has 2 aromatic rings. The van der Waals surface area contributed by atoms with Crippen LogP contribution in [0.25, 0.3) is 0 Å². The molecule has 1 saturated carbocycles. The average molecular weight is 298 g/mol. The third-order valence-corrected chi connectivity index (χ3v) is 3.66. The van der Waals surface area contributed by atoms with Gasteiger partial charge in [0.1, 0.15) is 6.54 Å². The van der Waals surface area contributed by atoms with Crippen LogP contribution in [0, 0.1) is 6.92 Å². The van der Waals surface area contributed by atoms with Gasteiger partial charge in [-0.25, -0.2) is 4.98 Å². The summed E-state index contributed by atoms with van der Waals surface area (Å²) >= 11 is 0. The van der Waals surface area contributed by atoms with E-state index in [0.29, 0.717) is 18.2 Å². The highest BCUT2D eigenvalue weighted by atomic mass is 16.2. The number of aromatic nitrogens is 3. The number of carbonyl (C=O) groups is 1. The Labute approximate surface area is 128 Å². The van der Waals surface area contributed by atoms with E-state index in [-0.39, 0.29) is 18.0 Å². The summed E-state index contributed by atoms with van der Waals surface area (Å²) in [5, 5.41) is 2.79. The lowest BCUT2D eigenvalue weighted by Crippen LogP contribution is -2.32. The van der Waals surface area contributed by atoms with E-state index in [1.54, 1.807) is 13.1 Å². The van der Waals surface area contributed by atoms with E-state index in [2.05, 4.69) is 15.3 Å². The lowest BCUT2D eigenvalue weighted by molar-refractivity contribution is -0.121. The number of pyridine rings is 1. The Morgan fingerprint density at radius 3 is 2.82 bits per heavy atom. The number of rotatable bonds is 5. The summed E-state index contributed by atoms with van der Waals surface area (Å²) in [5.74, 6) is 0.406. The van der Waals surface area contributed by atoms with Crippen LogP contribution >= 0.6 is 0 Å². The summed E-state index contributed by atoms with van der Waals surface area (Å²) in [6, 6.07) is 5.42.